The van der Waals surface area contributed by atoms with E-state index in [4.69, 9.17) is 5.11 Å². The number of carboxylic acid groups (broad SMARTS) is 1. The van der Waals surface area contributed by atoms with Crippen molar-refractivity contribution in [2.24, 2.45) is 0 Å². The maximum Gasteiger partial charge on any atom is 0.354 e. The third-order valence-electron chi connectivity index (χ3n) is 3.30. The summed E-state index contributed by atoms with van der Waals surface area (Å²) >= 11 is 0. The van der Waals surface area contributed by atoms with Crippen LogP contribution in [-0.4, -0.2) is 36.5 Å². The van der Waals surface area contributed by atoms with Gasteiger partial charge in [-0.3, -0.25) is 9.48 Å². The molecule has 0 aromatic carbocycles. The minimum Gasteiger partial charge on any atom is -0.477 e. The summed E-state index contributed by atoms with van der Waals surface area (Å²) in [7, 11) is 0. The Hall–Kier alpha value is -2.64. The van der Waals surface area contributed by atoms with Gasteiger partial charge < -0.3 is 10.4 Å². The molecule has 118 valence electrons. The summed E-state index contributed by atoms with van der Waals surface area (Å²) in [6.45, 7) is 6.33. The normalized spacial score (nSPS) is 12.1. The minimum atomic E-state index is -1.12. The van der Waals surface area contributed by atoms with Gasteiger partial charge in [0.25, 0.3) is 0 Å². The van der Waals surface area contributed by atoms with Crippen molar-refractivity contribution in [1.82, 2.24) is 19.6 Å². The Kier molecular flexibility index (Phi) is 4.59. The minimum absolute atomic E-state index is 0.0321. The summed E-state index contributed by atoms with van der Waals surface area (Å²) in [6.07, 6.45) is 2.30. The molecule has 1 atom stereocenters. The lowest BCUT2D eigenvalue weighted by Gasteiger charge is -2.13. The molecule has 0 fully saturated rings. The summed E-state index contributed by atoms with van der Waals surface area (Å²) in [5.74, 6) is -1.04. The Morgan fingerprint density at radius 2 is 2.18 bits per heavy atom. The molecule has 0 aliphatic heterocycles. The lowest BCUT2D eigenvalue weighted by atomic mass is 10.3. The summed E-state index contributed by atoms with van der Waals surface area (Å²) in [4.78, 5) is 23.3. The van der Waals surface area contributed by atoms with Gasteiger partial charge in [-0.15, -0.1) is 0 Å². The Bertz CT molecular complexity index is 688. The molecule has 0 saturated heterocycles. The molecule has 0 aliphatic rings. The number of aromatic nitrogens is 4. The van der Waals surface area contributed by atoms with Gasteiger partial charge in [0.2, 0.25) is 5.91 Å². The average Bonchev–Trinajstić information content (AvgIpc) is 3.06. The number of hydrogen-bond acceptors (Lipinski definition) is 4. The number of amides is 1. The van der Waals surface area contributed by atoms with Crippen LogP contribution in [-0.2, 0) is 11.3 Å². The number of nitrogens with zero attached hydrogens (tertiary/aromatic N) is 4. The summed E-state index contributed by atoms with van der Waals surface area (Å²) in [5.41, 5.74) is 0.922. The number of aryl methyl sites for hydroxylation is 2. The molecule has 1 unspecified atom stereocenters. The van der Waals surface area contributed by atoms with Crippen LogP contribution in [0.5, 0.6) is 0 Å². The van der Waals surface area contributed by atoms with Gasteiger partial charge in [-0.1, -0.05) is 6.92 Å². The van der Waals surface area contributed by atoms with E-state index in [0.717, 1.165) is 18.7 Å². The maximum absolute atomic E-state index is 12.2. The molecule has 8 nitrogen and oxygen atoms in total. The van der Waals surface area contributed by atoms with Crippen molar-refractivity contribution in [2.45, 2.75) is 39.8 Å². The largest absolute Gasteiger partial charge is 0.477 e. The number of aromatic carboxylic acids is 1. The lowest BCUT2D eigenvalue weighted by Crippen LogP contribution is -2.27. The van der Waals surface area contributed by atoms with E-state index in [1.54, 1.807) is 13.0 Å². The van der Waals surface area contributed by atoms with E-state index in [9.17, 15) is 9.59 Å². The average molecular weight is 305 g/mol. The molecule has 1 amide bonds. The number of carbonyl (C=O) groups excluding carboxylic acids is 1. The third kappa shape index (κ3) is 3.16. The van der Waals surface area contributed by atoms with Crippen LogP contribution in [0, 0.1) is 6.92 Å². The van der Waals surface area contributed by atoms with Gasteiger partial charge in [0.1, 0.15) is 11.7 Å². The molecule has 2 heterocycles. The Morgan fingerprint density at radius 3 is 2.82 bits per heavy atom. The van der Waals surface area contributed by atoms with Crippen molar-refractivity contribution in [3.63, 3.8) is 0 Å². The first-order valence-electron chi connectivity index (χ1n) is 7.06. The molecule has 0 saturated carbocycles. The third-order valence-corrected chi connectivity index (χ3v) is 3.30. The number of rotatable bonds is 6. The van der Waals surface area contributed by atoms with Gasteiger partial charge in [-0.25, -0.2) is 9.48 Å². The molecule has 0 bridgehead atoms. The maximum atomic E-state index is 12.2. The number of nitrogens with one attached hydrogen (secondary N) is 1. The monoisotopic (exact) mass is 305 g/mol. The predicted octanol–water partition coefficient (Wildman–Crippen LogP) is 1.70. The second kappa shape index (κ2) is 6.42. The molecule has 0 spiro atoms. The smallest absolute Gasteiger partial charge is 0.354 e. The molecular weight excluding hydrogens is 286 g/mol. The van der Waals surface area contributed by atoms with Gasteiger partial charge in [-0.2, -0.15) is 10.2 Å². The summed E-state index contributed by atoms with van der Waals surface area (Å²) in [5, 5.41) is 20.0. The Balaban J connectivity index is 2.13. The van der Waals surface area contributed by atoms with Crippen LogP contribution in [0.25, 0.3) is 0 Å². The number of hydrogen-bond donors (Lipinski definition) is 2. The number of anilines is 1. The van der Waals surface area contributed by atoms with E-state index in [0.29, 0.717) is 5.82 Å². The van der Waals surface area contributed by atoms with Gasteiger partial charge >= 0.3 is 5.97 Å². The standard InChI is InChI=1S/C14H19N5O3/c1-4-7-18-9(2)8-12(17-18)16-13(20)10(3)19-11(14(21)22)5-6-15-19/h5-6,8,10H,4,7H2,1-3H3,(H,21,22)(H,16,17,20). The lowest BCUT2D eigenvalue weighted by molar-refractivity contribution is -0.119. The molecule has 2 aromatic heterocycles. The highest BCUT2D eigenvalue weighted by molar-refractivity contribution is 5.93. The highest BCUT2D eigenvalue weighted by atomic mass is 16.4. The Morgan fingerprint density at radius 1 is 1.45 bits per heavy atom. The van der Waals surface area contributed by atoms with Crippen LogP contribution in [0.4, 0.5) is 5.82 Å². The molecule has 22 heavy (non-hydrogen) atoms. The fourth-order valence-corrected chi connectivity index (χ4v) is 2.14. The Labute approximate surface area is 127 Å². The van der Waals surface area contributed by atoms with Gasteiger partial charge in [0.15, 0.2) is 5.82 Å². The van der Waals surface area contributed by atoms with Crippen molar-refractivity contribution in [1.29, 1.82) is 0 Å². The highest BCUT2D eigenvalue weighted by Crippen LogP contribution is 2.14. The molecular formula is C14H19N5O3. The van der Waals surface area contributed by atoms with Crippen molar-refractivity contribution >= 4 is 17.7 Å². The number of carboxylic acids is 1. The van der Waals surface area contributed by atoms with E-state index in [1.165, 1.54) is 16.9 Å². The van der Waals surface area contributed by atoms with Crippen LogP contribution < -0.4 is 5.32 Å². The molecule has 8 heteroatoms. The van der Waals surface area contributed by atoms with E-state index >= 15 is 0 Å². The van der Waals surface area contributed by atoms with E-state index in [-0.39, 0.29) is 11.6 Å². The van der Waals surface area contributed by atoms with Crippen molar-refractivity contribution in [3.8, 4) is 0 Å². The van der Waals surface area contributed by atoms with Crippen molar-refractivity contribution in [2.75, 3.05) is 5.32 Å². The zero-order chi connectivity index (χ0) is 16.3. The summed E-state index contributed by atoms with van der Waals surface area (Å²) < 4.78 is 2.99. The predicted molar refractivity (Wildman–Crippen MR) is 79.8 cm³/mol. The highest BCUT2D eigenvalue weighted by Gasteiger charge is 2.22. The van der Waals surface area contributed by atoms with Crippen molar-refractivity contribution < 1.29 is 14.7 Å². The first kappa shape index (κ1) is 15.7. The summed E-state index contributed by atoms with van der Waals surface area (Å²) in [6, 6.07) is 2.38. The zero-order valence-corrected chi connectivity index (χ0v) is 12.8. The molecule has 0 radical (unpaired) electrons. The molecule has 0 aliphatic carbocycles. The van der Waals surface area contributed by atoms with Gasteiger partial charge in [0.05, 0.1) is 0 Å². The molecule has 2 aromatic rings. The van der Waals surface area contributed by atoms with Crippen molar-refractivity contribution in [3.05, 3.63) is 29.7 Å². The van der Waals surface area contributed by atoms with E-state index in [2.05, 4.69) is 15.5 Å². The SMILES string of the molecule is CCCn1nc(NC(=O)C(C)n2nccc2C(=O)O)cc1C. The molecule has 2 rings (SSSR count). The van der Waals surface area contributed by atoms with E-state index < -0.39 is 12.0 Å². The van der Waals surface area contributed by atoms with Crippen LogP contribution in [0.15, 0.2) is 18.3 Å². The zero-order valence-electron chi connectivity index (χ0n) is 12.8. The van der Waals surface area contributed by atoms with Gasteiger partial charge in [0, 0.05) is 24.5 Å². The second-order valence-corrected chi connectivity index (χ2v) is 5.03. The second-order valence-electron chi connectivity index (χ2n) is 5.03. The first-order chi connectivity index (χ1) is 10.4. The van der Waals surface area contributed by atoms with Crippen LogP contribution in [0.3, 0.4) is 0 Å². The van der Waals surface area contributed by atoms with E-state index in [1.807, 2.05) is 18.5 Å². The first-order valence-corrected chi connectivity index (χ1v) is 7.06. The number of carbonyl (C=O) groups is 2. The fourth-order valence-electron chi connectivity index (χ4n) is 2.14. The van der Waals surface area contributed by atoms with Crippen LogP contribution >= 0.6 is 0 Å². The van der Waals surface area contributed by atoms with Crippen LogP contribution in [0.1, 0.15) is 42.5 Å². The topological polar surface area (TPSA) is 102 Å². The molecule has 2 N–H and O–H groups in total. The quantitative estimate of drug-likeness (QED) is 0.845. The fraction of sp³-hybridized carbons (Fsp3) is 0.429. The van der Waals surface area contributed by atoms with Gasteiger partial charge in [-0.05, 0) is 26.3 Å². The van der Waals surface area contributed by atoms with Crippen LogP contribution in [0.2, 0.25) is 0 Å².